The summed E-state index contributed by atoms with van der Waals surface area (Å²) in [4.78, 5) is 34.5. The van der Waals surface area contributed by atoms with Crippen LogP contribution in [0.2, 0.25) is 6.32 Å². The van der Waals surface area contributed by atoms with E-state index in [0.29, 0.717) is 60.2 Å². The number of nitrogens with zero attached hydrogens (tertiary/aromatic N) is 2. The molecule has 0 unspecified atom stereocenters. The molecule has 41 heavy (non-hydrogen) atoms. The third-order valence-corrected chi connectivity index (χ3v) is 9.92. The Morgan fingerprint density at radius 1 is 1.20 bits per heavy atom. The number of hydrogen-bond donors (Lipinski definition) is 1. The van der Waals surface area contributed by atoms with Crippen molar-refractivity contribution >= 4 is 19.0 Å². The first-order chi connectivity index (χ1) is 19.3. The number of aryl methyl sites for hydroxylation is 1. The van der Waals surface area contributed by atoms with Crippen molar-refractivity contribution < 1.29 is 28.4 Å². The second-order valence-corrected chi connectivity index (χ2v) is 14.0. The molecule has 2 aliphatic heterocycles. The van der Waals surface area contributed by atoms with Crippen molar-refractivity contribution in [3.05, 3.63) is 47.0 Å². The molecule has 1 aromatic heterocycles. The topological polar surface area (TPSA) is 103 Å². The fourth-order valence-corrected chi connectivity index (χ4v) is 7.42. The van der Waals surface area contributed by atoms with Crippen LogP contribution in [0.5, 0.6) is 5.75 Å². The molecule has 2 saturated heterocycles. The van der Waals surface area contributed by atoms with Gasteiger partial charge in [0.2, 0.25) is 0 Å². The van der Waals surface area contributed by atoms with E-state index in [-0.39, 0.29) is 30.8 Å². The Bertz CT molecular complexity index is 1330. The van der Waals surface area contributed by atoms with Gasteiger partial charge < -0.3 is 28.7 Å². The molecule has 3 aliphatic carbocycles. The van der Waals surface area contributed by atoms with Gasteiger partial charge in [-0.1, -0.05) is 19.9 Å². The van der Waals surface area contributed by atoms with Crippen LogP contribution in [0, 0.1) is 24.2 Å². The van der Waals surface area contributed by atoms with Crippen LogP contribution in [0.4, 0.5) is 0 Å². The number of likely N-dealkylation sites (tertiary alicyclic amines) is 1. The summed E-state index contributed by atoms with van der Waals surface area (Å²) in [7, 11) is -0.256. The molecule has 1 N–H and O–H groups in total. The van der Waals surface area contributed by atoms with Gasteiger partial charge in [0, 0.05) is 12.4 Å². The Morgan fingerprint density at radius 3 is 2.61 bits per heavy atom. The lowest BCUT2D eigenvalue weighted by atomic mass is 9.43. The van der Waals surface area contributed by atoms with E-state index < -0.39 is 11.6 Å². The van der Waals surface area contributed by atoms with Gasteiger partial charge in [-0.2, -0.15) is 0 Å². The minimum atomic E-state index is -0.648. The molecule has 220 valence electrons. The maximum absolute atomic E-state index is 13.4. The van der Waals surface area contributed by atoms with Crippen LogP contribution in [0.25, 0.3) is 0 Å². The third kappa shape index (κ3) is 4.97. The van der Waals surface area contributed by atoms with Crippen LogP contribution in [-0.4, -0.2) is 70.4 Å². The second-order valence-electron chi connectivity index (χ2n) is 14.0. The lowest BCUT2D eigenvalue weighted by Crippen LogP contribution is -2.65. The highest BCUT2D eigenvalue weighted by atomic mass is 16.7. The number of carbonyl (C=O) groups excluding carboxylic acids is 2. The summed E-state index contributed by atoms with van der Waals surface area (Å²) in [5.74, 6) is 1.44. The highest BCUT2D eigenvalue weighted by Gasteiger charge is 2.67. The monoisotopic (exact) mass is 563 g/mol. The quantitative estimate of drug-likeness (QED) is 0.380. The number of nitrogens with one attached hydrogen (secondary N) is 1. The number of aromatic amines is 1. The van der Waals surface area contributed by atoms with E-state index in [0.717, 1.165) is 17.5 Å². The number of ether oxygens (including phenoxy) is 2. The minimum Gasteiger partial charge on any atom is -0.486 e. The van der Waals surface area contributed by atoms with Crippen molar-refractivity contribution in [2.45, 2.75) is 97.5 Å². The Balaban J connectivity index is 1.15. The maximum atomic E-state index is 13.4. The maximum Gasteiger partial charge on any atom is 0.457 e. The van der Waals surface area contributed by atoms with Crippen molar-refractivity contribution in [3.63, 3.8) is 0 Å². The average molecular weight is 564 g/mol. The summed E-state index contributed by atoms with van der Waals surface area (Å²) in [6, 6.07) is 3.88. The van der Waals surface area contributed by atoms with Gasteiger partial charge in [-0.25, -0.2) is 9.78 Å². The Kier molecular flexibility index (Phi) is 6.81. The lowest BCUT2D eigenvalue weighted by Gasteiger charge is -2.64. The normalized spacial score (nSPS) is 28.5. The van der Waals surface area contributed by atoms with Gasteiger partial charge in [-0.15, -0.1) is 0 Å². The molecule has 1 aromatic carbocycles. The highest BCUT2D eigenvalue weighted by molar-refractivity contribution is 6.45. The third-order valence-electron chi connectivity index (χ3n) is 9.92. The largest absolute Gasteiger partial charge is 0.486 e. The summed E-state index contributed by atoms with van der Waals surface area (Å²) in [5.41, 5.74) is 1.74. The molecule has 3 saturated carbocycles. The van der Waals surface area contributed by atoms with E-state index in [4.69, 9.17) is 18.8 Å². The van der Waals surface area contributed by atoms with E-state index >= 15 is 0 Å². The average Bonchev–Trinajstić information content (AvgIpc) is 3.51. The zero-order valence-electron chi connectivity index (χ0n) is 25.3. The van der Waals surface area contributed by atoms with Crippen LogP contribution in [0.15, 0.2) is 24.5 Å². The molecule has 0 spiro atoms. The van der Waals surface area contributed by atoms with Gasteiger partial charge in [0.25, 0.3) is 5.91 Å². The Hall–Kier alpha value is -2.85. The summed E-state index contributed by atoms with van der Waals surface area (Å²) in [6.45, 7) is 15.3. The summed E-state index contributed by atoms with van der Waals surface area (Å²) < 4.78 is 25.1. The number of benzene rings is 1. The molecular weight excluding hydrogens is 521 g/mol. The SMILES string of the molecule is Cc1c(CCB2O[C@@H]3C[C@@H]4C[C@@H](C4(C)C)[C@]3(C)O2)ccc(OC2CN(C(=O)c3ncc[nH]3)C2)c1C(=O)OC(C)(C)C. The minimum absolute atomic E-state index is 0.153. The summed E-state index contributed by atoms with van der Waals surface area (Å²) in [5, 5.41) is 0. The number of H-pyrrole nitrogens is 1. The predicted octanol–water partition coefficient (Wildman–Crippen LogP) is 4.85. The molecule has 4 atom stereocenters. The van der Waals surface area contributed by atoms with Gasteiger partial charge in [0.1, 0.15) is 23.0 Å². The standard InChI is InChI=1S/C31H42BN3O6/c1-18-19(10-11-32-40-24-15-20-14-23(30(20,5)6)31(24,7)41-32)8-9-22(25(18)28(37)39-29(2,3)4)38-21-16-35(17-21)27(36)26-33-12-13-34-26/h8-9,12-13,20-21,23-24H,10-11,14-17H2,1-7H3,(H,33,34)/t20-,23-,24+,31-/m0/s1. The van der Waals surface area contributed by atoms with Crippen molar-refractivity contribution in [2.24, 2.45) is 17.3 Å². The van der Waals surface area contributed by atoms with E-state index in [9.17, 15) is 9.59 Å². The van der Waals surface area contributed by atoms with Crippen molar-refractivity contribution in [1.29, 1.82) is 0 Å². The molecule has 5 aliphatic rings. The van der Waals surface area contributed by atoms with Crippen LogP contribution < -0.4 is 4.74 Å². The Labute approximate surface area is 242 Å². The number of aromatic nitrogens is 2. The van der Waals surface area contributed by atoms with Gasteiger partial charge in [-0.3, -0.25) is 4.79 Å². The first kappa shape index (κ1) is 28.3. The number of esters is 1. The van der Waals surface area contributed by atoms with E-state index in [1.54, 1.807) is 17.3 Å². The molecule has 0 radical (unpaired) electrons. The van der Waals surface area contributed by atoms with E-state index in [2.05, 4.69) is 30.7 Å². The van der Waals surface area contributed by atoms with Gasteiger partial charge >= 0.3 is 13.1 Å². The fraction of sp³-hybridized carbons (Fsp3) is 0.645. The van der Waals surface area contributed by atoms with E-state index in [1.165, 1.54) is 6.42 Å². The van der Waals surface area contributed by atoms with Crippen molar-refractivity contribution in [2.75, 3.05) is 13.1 Å². The fourth-order valence-electron chi connectivity index (χ4n) is 7.42. The molecule has 7 rings (SSSR count). The van der Waals surface area contributed by atoms with Gasteiger partial charge in [-0.05, 0) is 94.6 Å². The van der Waals surface area contributed by atoms with E-state index in [1.807, 2.05) is 39.8 Å². The zero-order chi connectivity index (χ0) is 29.3. The molecule has 2 bridgehead atoms. The number of imidazole rings is 1. The van der Waals surface area contributed by atoms with Crippen LogP contribution in [0.1, 0.15) is 86.5 Å². The highest BCUT2D eigenvalue weighted by Crippen LogP contribution is 2.65. The summed E-state index contributed by atoms with van der Waals surface area (Å²) >= 11 is 0. The number of hydrogen-bond acceptors (Lipinski definition) is 7. The Morgan fingerprint density at radius 2 is 1.95 bits per heavy atom. The molecule has 2 aromatic rings. The lowest BCUT2D eigenvalue weighted by molar-refractivity contribution is -0.199. The smallest absolute Gasteiger partial charge is 0.457 e. The van der Waals surface area contributed by atoms with Gasteiger partial charge in [0.05, 0.1) is 24.8 Å². The van der Waals surface area contributed by atoms with Crippen LogP contribution in [0.3, 0.4) is 0 Å². The molecule has 5 fully saturated rings. The van der Waals surface area contributed by atoms with Crippen molar-refractivity contribution in [3.8, 4) is 5.75 Å². The zero-order valence-corrected chi connectivity index (χ0v) is 25.3. The predicted molar refractivity (Wildman–Crippen MR) is 154 cm³/mol. The first-order valence-corrected chi connectivity index (χ1v) is 14.9. The number of rotatable bonds is 7. The second kappa shape index (κ2) is 9.87. The summed E-state index contributed by atoms with van der Waals surface area (Å²) in [6.07, 6.45) is 6.83. The molecule has 3 heterocycles. The molecule has 1 amide bonds. The number of amides is 1. The number of carbonyl (C=O) groups is 2. The molecular formula is C31H42BN3O6. The van der Waals surface area contributed by atoms with Gasteiger partial charge in [0.15, 0.2) is 5.82 Å². The first-order valence-electron chi connectivity index (χ1n) is 14.9. The molecule has 9 nitrogen and oxygen atoms in total. The van der Waals surface area contributed by atoms with Crippen LogP contribution in [-0.2, 0) is 20.5 Å². The van der Waals surface area contributed by atoms with Crippen molar-refractivity contribution in [1.82, 2.24) is 14.9 Å². The van der Waals surface area contributed by atoms with Crippen LogP contribution >= 0.6 is 0 Å². The molecule has 10 heteroatoms.